The minimum absolute atomic E-state index is 0.0298. The number of benzene rings is 7. The Kier molecular flexibility index (Phi) is 32.0. The lowest BCUT2D eigenvalue weighted by Crippen LogP contribution is -2.20. The summed E-state index contributed by atoms with van der Waals surface area (Å²) in [6.07, 6.45) is 0. The normalized spacial score (nSPS) is 13.2. The third kappa shape index (κ3) is 24.0. The van der Waals surface area contributed by atoms with Crippen molar-refractivity contribution in [3.8, 4) is 0 Å². The minimum Gasteiger partial charge on any atom is -0.249 e. The fourth-order valence-electron chi connectivity index (χ4n) is 20.0. The van der Waals surface area contributed by atoms with Crippen molar-refractivity contribution in [1.29, 1.82) is 0 Å². The molecule has 0 aliphatic carbocycles. The van der Waals surface area contributed by atoms with Crippen LogP contribution in [0.5, 0.6) is 0 Å². The first-order chi connectivity index (χ1) is 63.8. The van der Waals surface area contributed by atoms with Crippen LogP contribution in [0.2, 0.25) is 0 Å². The molecule has 141 heavy (non-hydrogen) atoms. The first-order valence-corrected chi connectivity index (χ1v) is 54.0. The second kappa shape index (κ2) is 39.5. The van der Waals surface area contributed by atoms with Crippen molar-refractivity contribution in [1.82, 2.24) is 75.2 Å². The molecule has 0 N–H and O–H groups in total. The molecule has 22 heteroatoms. The highest BCUT2D eigenvalue weighted by Gasteiger charge is 2.39. The van der Waals surface area contributed by atoms with Crippen molar-refractivity contribution >= 4 is 157 Å². The standard InChI is InChI=1S/C20H26N2S.C18H24N4S.C18H26N2.C16H24N2O.2C16H24N2S.C15H22N2S/c1-11-9-13-14(10-12(11)2)16(20(6,7)8)18-17(21-23-22-18)15(13)19(3,4)5;1-9-10(2)20-14-12(18(6,7)8)16-15(21-23-22-16)11(13(14)19-9)17(3,4)5;1-11-12(2)20-16-14(18(6,7)8)10-9-13(15(16)19-11)17(3,4)5;1-9-10(2)12(16(6,7)8)14-13(17-19-18-14)11(9)15(3,4)5;1-9-10(2)18-12-11(17-9)13(15(3,4)5)19-14(12)16(6,7)8;1-9-10(2)12(16(6,7)8)14-13(17-19-18-14)11(9)15(3,4)5;1-9-8-10(14(2,3)4)12-13(17-18-16-12)11(9)15(5,6)7/h9-10H,1-8H3;1-8H3;9-10H,1-8H3;3*1-8H3;8H,1-7H3. The van der Waals surface area contributed by atoms with E-state index in [2.05, 4.69) is 406 Å². The van der Waals surface area contributed by atoms with Gasteiger partial charge >= 0.3 is 0 Å². The van der Waals surface area contributed by atoms with Gasteiger partial charge < -0.3 is 0 Å². The van der Waals surface area contributed by atoms with Gasteiger partial charge in [-0.15, -0.1) is 11.3 Å². The number of thiophene rings is 1. The Morgan fingerprint density at radius 2 is 0.397 bits per heavy atom. The highest BCUT2D eigenvalue weighted by atomic mass is 32.1. The molecule has 9 aromatic heterocycles. The fraction of sp³-hybridized carbons (Fsp3) is 0.580. The van der Waals surface area contributed by atoms with Gasteiger partial charge in [0.15, 0.2) is 0 Å². The van der Waals surface area contributed by atoms with Gasteiger partial charge in [-0.3, -0.25) is 0 Å². The Hall–Kier alpha value is -8.80. The Balaban J connectivity index is 0.000000170. The second-order valence-electron chi connectivity index (χ2n) is 54.1. The third-order valence-corrected chi connectivity index (χ3v) is 31.0. The second-order valence-corrected chi connectivity index (χ2v) is 57.2. The molecule has 7 aromatic carbocycles. The van der Waals surface area contributed by atoms with Crippen LogP contribution in [0.25, 0.3) is 99.0 Å². The fourth-order valence-corrected chi connectivity index (χ4v) is 23.6. The monoisotopic (exact) mass is 2000 g/mol. The molecular formula is C119H170N16OS5. The van der Waals surface area contributed by atoms with E-state index in [1.165, 1.54) is 162 Å². The number of aromatic nitrogens is 16. The molecule has 0 saturated carbocycles. The predicted octanol–water partition coefficient (Wildman–Crippen LogP) is 34.6. The first kappa shape index (κ1) is 114. The topological polar surface area (TPSA) is 219 Å². The van der Waals surface area contributed by atoms with Crippen LogP contribution in [0.15, 0.2) is 35.0 Å². The van der Waals surface area contributed by atoms with Gasteiger partial charge in [-0.1, -0.05) is 321 Å². The van der Waals surface area contributed by atoms with Gasteiger partial charge in [-0.2, -0.15) is 35.0 Å². The maximum atomic E-state index is 5.05. The van der Waals surface area contributed by atoms with Crippen LogP contribution in [-0.4, -0.2) is 75.2 Å². The molecule has 9 heterocycles. The predicted molar refractivity (Wildman–Crippen MR) is 612 cm³/mol. The van der Waals surface area contributed by atoms with E-state index in [-0.39, 0.29) is 75.8 Å². The first-order valence-electron chi connectivity index (χ1n) is 50.3. The van der Waals surface area contributed by atoms with Crippen molar-refractivity contribution < 1.29 is 4.63 Å². The molecule has 16 rings (SSSR count). The number of aryl methyl sites for hydroxylation is 9. The quantitative estimate of drug-likeness (QED) is 0.138. The average Bonchev–Trinajstić information content (AvgIpc) is 1.67. The summed E-state index contributed by atoms with van der Waals surface area (Å²) in [5.41, 5.74) is 48.2. The van der Waals surface area contributed by atoms with E-state index < -0.39 is 0 Å². The molecule has 0 aliphatic heterocycles. The Labute approximate surface area is 867 Å². The number of hydrogen-bond acceptors (Lipinski definition) is 22. The lowest BCUT2D eigenvalue weighted by molar-refractivity contribution is 0.314. The lowest BCUT2D eigenvalue weighted by atomic mass is 9.75. The molecule has 16 aromatic rings. The zero-order valence-corrected chi connectivity index (χ0v) is 101. The van der Waals surface area contributed by atoms with E-state index in [0.29, 0.717) is 0 Å². The SMILES string of the molecule is Cc1c(C)c(C(C)(C)C)c2nonc2c1C(C)(C)C.Cc1c(C)c(C(C)(C)C)c2nsnc2c1C(C)(C)C.Cc1cc(C(C)(C)C)c2nsnc2c1C(C)(C)C.Cc1cc2c(C(C)(C)C)c3nsnc3c(C(C)(C)C)c2cc1C.Cc1nc2c(C(C)(C)C)c3nsnc3c(C(C)(C)C)c2nc1C.Cc1nc2c(C(C)(C)C)ccc(C(C)(C)C)c2nc1C.Cc1nc2c(C(C)(C)C)sc(C(C)(C)C)c2nc1C. The van der Waals surface area contributed by atoms with Crippen LogP contribution in [0.3, 0.4) is 0 Å². The highest BCUT2D eigenvalue weighted by Crippen LogP contribution is 2.50. The summed E-state index contributed by atoms with van der Waals surface area (Å²) in [4.78, 5) is 31.9. The van der Waals surface area contributed by atoms with Crippen molar-refractivity contribution in [2.45, 2.75) is 457 Å². The third-order valence-electron chi connectivity index (χ3n) is 26.9. The van der Waals surface area contributed by atoms with E-state index in [1.807, 2.05) is 52.9 Å². The molecule has 0 saturated heterocycles. The minimum atomic E-state index is -0.0704. The van der Waals surface area contributed by atoms with Crippen molar-refractivity contribution in [3.63, 3.8) is 0 Å². The molecule has 0 amide bonds. The summed E-state index contributed by atoms with van der Waals surface area (Å²) in [6.45, 7) is 122. The van der Waals surface area contributed by atoms with E-state index >= 15 is 0 Å². The van der Waals surface area contributed by atoms with E-state index in [0.717, 1.165) is 134 Å². The van der Waals surface area contributed by atoms with Crippen molar-refractivity contribution in [2.24, 2.45) is 0 Å². The smallest absolute Gasteiger partial charge is 0.139 e. The largest absolute Gasteiger partial charge is 0.249 e. The summed E-state index contributed by atoms with van der Waals surface area (Å²) >= 11 is 7.14. The maximum absolute atomic E-state index is 5.05. The molecule has 762 valence electrons. The number of fused-ring (bicyclic) bond motifs is 9. The molecule has 0 bridgehead atoms. The average molecular weight is 2000 g/mol. The zero-order valence-electron chi connectivity index (χ0n) is 97.0. The Bertz CT molecular complexity index is 6750. The maximum Gasteiger partial charge on any atom is 0.139 e. The summed E-state index contributed by atoms with van der Waals surface area (Å²) in [7, 11) is 0. The van der Waals surface area contributed by atoms with Crippen LogP contribution in [0, 0.1) is 90.0 Å². The summed E-state index contributed by atoms with van der Waals surface area (Å²) in [5, 5.41) is 11.0. The molecule has 17 nitrogen and oxygen atoms in total. The van der Waals surface area contributed by atoms with E-state index in [9.17, 15) is 0 Å². The van der Waals surface area contributed by atoms with Gasteiger partial charge in [0.25, 0.3) is 0 Å². The van der Waals surface area contributed by atoms with Crippen LogP contribution >= 0.6 is 58.2 Å². The van der Waals surface area contributed by atoms with Crippen LogP contribution in [0.4, 0.5) is 0 Å². The zero-order chi connectivity index (χ0) is 107. The molecule has 0 atom stereocenters. The van der Waals surface area contributed by atoms with Gasteiger partial charge in [0.2, 0.25) is 0 Å². The van der Waals surface area contributed by atoms with Crippen LogP contribution in [-0.2, 0) is 75.8 Å². The number of rotatable bonds is 0. The molecule has 0 aliphatic rings. The van der Waals surface area contributed by atoms with Gasteiger partial charge in [-0.25, -0.2) is 34.5 Å². The summed E-state index contributed by atoms with van der Waals surface area (Å²) < 4.78 is 41.9. The summed E-state index contributed by atoms with van der Waals surface area (Å²) in [6, 6.07) is 11.4. The van der Waals surface area contributed by atoms with Gasteiger partial charge in [0.05, 0.1) is 103 Å². The molecule has 0 unspecified atom stereocenters. The van der Waals surface area contributed by atoms with E-state index in [1.54, 1.807) is 0 Å². The number of hydrogen-bond donors (Lipinski definition) is 0. The Morgan fingerprint density at radius 3 is 0.638 bits per heavy atom. The molecule has 0 spiro atoms. The lowest BCUT2D eigenvalue weighted by Gasteiger charge is -2.29. The highest BCUT2D eigenvalue weighted by molar-refractivity contribution is 7.14. The van der Waals surface area contributed by atoms with Gasteiger partial charge in [-0.05, 0) is 281 Å². The van der Waals surface area contributed by atoms with Gasteiger partial charge in [0.1, 0.15) is 66.2 Å². The molecule has 0 radical (unpaired) electrons. The number of nitrogens with zero attached hydrogens (tertiary/aromatic N) is 16. The van der Waals surface area contributed by atoms with Crippen LogP contribution < -0.4 is 0 Å². The molecular weight excluding hydrogens is 1830 g/mol. The molecule has 0 fully saturated rings. The summed E-state index contributed by atoms with van der Waals surface area (Å²) in [5.74, 6) is 0. The van der Waals surface area contributed by atoms with Gasteiger partial charge in [0, 0.05) is 20.9 Å². The van der Waals surface area contributed by atoms with Crippen molar-refractivity contribution in [3.05, 3.63) is 180 Å². The van der Waals surface area contributed by atoms with Crippen molar-refractivity contribution in [2.75, 3.05) is 0 Å². The van der Waals surface area contributed by atoms with E-state index in [4.69, 9.17) is 43.3 Å². The van der Waals surface area contributed by atoms with Crippen LogP contribution in [0.1, 0.15) is 440 Å². The Morgan fingerprint density at radius 1 is 0.184 bits per heavy atom.